The normalized spacial score (nSPS) is 12.8. The first-order valence-electron chi connectivity index (χ1n) is 5.14. The van der Waals surface area contributed by atoms with E-state index in [9.17, 15) is 0 Å². The standard InChI is InChI=1S/C13H11Br2ClS/c1-7-5-9(11(16)6-8(7)2)12(15)13-10(14)3-4-17-13/h3-6,12H,1-2H3. The van der Waals surface area contributed by atoms with Crippen molar-refractivity contribution in [2.45, 2.75) is 18.7 Å². The minimum absolute atomic E-state index is 0.142. The largest absolute Gasteiger partial charge is 0.146 e. The minimum atomic E-state index is 0.142. The summed E-state index contributed by atoms with van der Waals surface area (Å²) in [5.74, 6) is 0. The van der Waals surface area contributed by atoms with Crippen LogP contribution in [-0.2, 0) is 0 Å². The molecular weight excluding hydrogens is 383 g/mol. The fourth-order valence-corrected chi connectivity index (χ4v) is 4.93. The number of hydrogen-bond acceptors (Lipinski definition) is 1. The monoisotopic (exact) mass is 392 g/mol. The molecule has 90 valence electrons. The molecule has 1 aromatic carbocycles. The summed E-state index contributed by atoms with van der Waals surface area (Å²) in [6, 6.07) is 6.24. The number of thiophene rings is 1. The lowest BCUT2D eigenvalue weighted by Gasteiger charge is -2.13. The van der Waals surface area contributed by atoms with Crippen LogP contribution in [0.2, 0.25) is 5.02 Å². The lowest BCUT2D eigenvalue weighted by atomic mass is 10.0. The van der Waals surface area contributed by atoms with Gasteiger partial charge in [0.2, 0.25) is 0 Å². The van der Waals surface area contributed by atoms with Crippen molar-refractivity contribution < 1.29 is 0 Å². The number of rotatable bonds is 2. The maximum Gasteiger partial charge on any atom is 0.0763 e. The Morgan fingerprint density at radius 1 is 1.24 bits per heavy atom. The van der Waals surface area contributed by atoms with Crippen molar-refractivity contribution in [1.82, 2.24) is 0 Å². The van der Waals surface area contributed by atoms with Crippen molar-refractivity contribution >= 4 is 54.8 Å². The Kier molecular flexibility index (Phi) is 4.35. The molecule has 2 aromatic rings. The summed E-state index contributed by atoms with van der Waals surface area (Å²) in [5, 5.41) is 2.89. The summed E-state index contributed by atoms with van der Waals surface area (Å²) in [6.45, 7) is 4.19. The number of benzene rings is 1. The Labute approximate surface area is 127 Å². The molecule has 1 unspecified atom stereocenters. The number of aryl methyl sites for hydroxylation is 2. The molecule has 0 aliphatic carbocycles. The zero-order valence-electron chi connectivity index (χ0n) is 9.43. The molecule has 0 radical (unpaired) electrons. The molecule has 0 saturated carbocycles. The molecule has 0 bridgehead atoms. The Bertz CT molecular complexity index is 548. The summed E-state index contributed by atoms with van der Waals surface area (Å²) in [7, 11) is 0. The number of alkyl halides is 1. The van der Waals surface area contributed by atoms with Gasteiger partial charge in [0.15, 0.2) is 0 Å². The SMILES string of the molecule is Cc1cc(Cl)c(C(Br)c2sccc2Br)cc1C. The molecule has 2 rings (SSSR count). The average Bonchev–Trinajstić information content (AvgIpc) is 2.69. The maximum atomic E-state index is 6.32. The minimum Gasteiger partial charge on any atom is -0.146 e. The first-order valence-corrected chi connectivity index (χ1v) is 8.11. The summed E-state index contributed by atoms with van der Waals surface area (Å²) in [5.41, 5.74) is 3.61. The first kappa shape index (κ1) is 13.6. The van der Waals surface area contributed by atoms with Crippen molar-refractivity contribution in [2.75, 3.05) is 0 Å². The van der Waals surface area contributed by atoms with E-state index in [1.807, 2.05) is 6.07 Å². The van der Waals surface area contributed by atoms with E-state index < -0.39 is 0 Å². The Morgan fingerprint density at radius 2 is 1.88 bits per heavy atom. The lowest BCUT2D eigenvalue weighted by molar-refractivity contribution is 1.18. The fourth-order valence-electron chi connectivity index (χ4n) is 1.63. The van der Waals surface area contributed by atoms with Crippen LogP contribution in [0.25, 0.3) is 0 Å². The molecule has 0 spiro atoms. The third-order valence-corrected chi connectivity index (χ3v) is 6.28. The van der Waals surface area contributed by atoms with Crippen molar-refractivity contribution in [1.29, 1.82) is 0 Å². The number of halogens is 3. The van der Waals surface area contributed by atoms with E-state index in [1.165, 1.54) is 16.0 Å². The van der Waals surface area contributed by atoms with Crippen LogP contribution in [0.3, 0.4) is 0 Å². The van der Waals surface area contributed by atoms with Crippen LogP contribution in [0.1, 0.15) is 26.4 Å². The van der Waals surface area contributed by atoms with Crippen molar-refractivity contribution in [3.05, 3.63) is 54.6 Å². The van der Waals surface area contributed by atoms with Crippen LogP contribution in [-0.4, -0.2) is 0 Å². The van der Waals surface area contributed by atoms with Gasteiger partial charge in [0, 0.05) is 14.4 Å². The van der Waals surface area contributed by atoms with Gasteiger partial charge in [-0.25, -0.2) is 0 Å². The van der Waals surface area contributed by atoms with E-state index in [0.29, 0.717) is 0 Å². The van der Waals surface area contributed by atoms with Gasteiger partial charge in [-0.05, 0) is 64.0 Å². The Hall–Kier alpha value is 0.170. The molecule has 17 heavy (non-hydrogen) atoms. The molecule has 0 nitrogen and oxygen atoms in total. The van der Waals surface area contributed by atoms with Crippen LogP contribution in [0.5, 0.6) is 0 Å². The summed E-state index contributed by atoms with van der Waals surface area (Å²) in [4.78, 5) is 1.39. The van der Waals surface area contributed by atoms with Gasteiger partial charge in [0.1, 0.15) is 0 Å². The average molecular weight is 395 g/mol. The number of hydrogen-bond donors (Lipinski definition) is 0. The highest BCUT2D eigenvalue weighted by Crippen LogP contribution is 2.42. The van der Waals surface area contributed by atoms with E-state index >= 15 is 0 Å². The summed E-state index contributed by atoms with van der Waals surface area (Å²) in [6.07, 6.45) is 0. The molecular formula is C13H11Br2ClS. The molecule has 0 amide bonds. The second-order valence-corrected chi connectivity index (χ2v) is 7.08. The predicted octanol–water partition coefficient (Wildman–Crippen LogP) is 6.27. The highest BCUT2D eigenvalue weighted by atomic mass is 79.9. The highest BCUT2D eigenvalue weighted by molar-refractivity contribution is 9.11. The molecule has 0 N–H and O–H groups in total. The molecule has 1 aromatic heterocycles. The Balaban J connectivity index is 2.48. The molecule has 4 heteroatoms. The van der Waals surface area contributed by atoms with Gasteiger partial charge in [-0.15, -0.1) is 11.3 Å². The lowest BCUT2D eigenvalue weighted by Crippen LogP contribution is -1.94. The summed E-state index contributed by atoms with van der Waals surface area (Å²) >= 11 is 15.3. The van der Waals surface area contributed by atoms with E-state index in [4.69, 9.17) is 11.6 Å². The van der Waals surface area contributed by atoms with Gasteiger partial charge < -0.3 is 0 Å². The van der Waals surface area contributed by atoms with Gasteiger partial charge in [0.25, 0.3) is 0 Å². The van der Waals surface area contributed by atoms with E-state index in [0.717, 1.165) is 15.1 Å². The Morgan fingerprint density at radius 3 is 2.47 bits per heavy atom. The van der Waals surface area contributed by atoms with Gasteiger partial charge in [-0.1, -0.05) is 33.6 Å². The second kappa shape index (κ2) is 5.43. The van der Waals surface area contributed by atoms with Crippen molar-refractivity contribution in [3.8, 4) is 0 Å². The van der Waals surface area contributed by atoms with Crippen LogP contribution in [0, 0.1) is 13.8 Å². The van der Waals surface area contributed by atoms with Gasteiger partial charge >= 0.3 is 0 Å². The zero-order chi connectivity index (χ0) is 12.6. The van der Waals surface area contributed by atoms with Crippen LogP contribution in [0.4, 0.5) is 0 Å². The molecule has 0 fully saturated rings. The third kappa shape index (κ3) is 2.78. The van der Waals surface area contributed by atoms with Gasteiger partial charge in [-0.3, -0.25) is 0 Å². The van der Waals surface area contributed by atoms with Crippen molar-refractivity contribution in [2.24, 2.45) is 0 Å². The highest BCUT2D eigenvalue weighted by Gasteiger charge is 2.18. The smallest absolute Gasteiger partial charge is 0.0763 e. The first-order chi connectivity index (χ1) is 8.00. The van der Waals surface area contributed by atoms with Crippen LogP contribution in [0.15, 0.2) is 28.1 Å². The molecule has 0 aliphatic heterocycles. The summed E-state index contributed by atoms with van der Waals surface area (Å²) < 4.78 is 1.12. The zero-order valence-corrected chi connectivity index (χ0v) is 14.2. The van der Waals surface area contributed by atoms with Crippen molar-refractivity contribution in [3.63, 3.8) is 0 Å². The van der Waals surface area contributed by atoms with E-state index in [1.54, 1.807) is 11.3 Å². The quantitative estimate of drug-likeness (QED) is 0.527. The predicted molar refractivity (Wildman–Crippen MR) is 83.7 cm³/mol. The van der Waals surface area contributed by atoms with Crippen LogP contribution >= 0.6 is 54.8 Å². The topological polar surface area (TPSA) is 0 Å². The molecule has 1 heterocycles. The van der Waals surface area contributed by atoms with E-state index in [2.05, 4.69) is 63.2 Å². The van der Waals surface area contributed by atoms with Crippen LogP contribution < -0.4 is 0 Å². The maximum absolute atomic E-state index is 6.32. The molecule has 0 saturated heterocycles. The molecule has 1 atom stereocenters. The van der Waals surface area contributed by atoms with Gasteiger partial charge in [0.05, 0.1) is 4.83 Å². The second-order valence-electron chi connectivity index (χ2n) is 3.95. The molecule has 0 aliphatic rings. The fraction of sp³-hybridized carbons (Fsp3) is 0.231. The van der Waals surface area contributed by atoms with Gasteiger partial charge in [-0.2, -0.15) is 0 Å². The van der Waals surface area contributed by atoms with E-state index in [-0.39, 0.29) is 4.83 Å². The third-order valence-electron chi connectivity index (χ3n) is 2.76.